The molecule has 0 radical (unpaired) electrons. The van der Waals surface area contributed by atoms with Crippen molar-refractivity contribution >= 4 is 17.8 Å². The number of esters is 2. The summed E-state index contributed by atoms with van der Waals surface area (Å²) in [6.45, 7) is 6.01. The minimum Gasteiger partial charge on any atom is -0.471 e. The van der Waals surface area contributed by atoms with Crippen LogP contribution in [0.4, 0.5) is 0 Å². The van der Waals surface area contributed by atoms with Gasteiger partial charge in [0.25, 0.3) is 0 Å². The fraction of sp³-hybridized carbons (Fsp3) is 0.833. The molecule has 2 atom stereocenters. The summed E-state index contributed by atoms with van der Waals surface area (Å²) in [4.78, 5) is 23.6. The van der Waals surface area contributed by atoms with Crippen LogP contribution >= 0.6 is 0 Å². The van der Waals surface area contributed by atoms with Gasteiger partial charge in [-0.05, 0) is 38.6 Å². The second kappa shape index (κ2) is 15.4. The minimum absolute atomic E-state index is 0.103. The van der Waals surface area contributed by atoms with Crippen molar-refractivity contribution in [1.82, 2.24) is 0 Å². The molecule has 0 aromatic carbocycles. The lowest BCUT2D eigenvalue weighted by molar-refractivity contribution is -0.166. The molecular formula is C18H34N2O6. The number of oxime groups is 1. The Bertz CT molecular complexity index is 428. The van der Waals surface area contributed by atoms with Gasteiger partial charge >= 0.3 is 11.9 Å². The number of ether oxygens (including phenoxy) is 3. The van der Waals surface area contributed by atoms with Crippen LogP contribution in [0, 0.1) is 0 Å². The molecule has 0 amide bonds. The topological polar surface area (TPSA) is 120 Å². The van der Waals surface area contributed by atoms with Gasteiger partial charge in [0.1, 0.15) is 12.7 Å². The van der Waals surface area contributed by atoms with Crippen molar-refractivity contribution in [1.29, 1.82) is 0 Å². The summed E-state index contributed by atoms with van der Waals surface area (Å²) in [5, 5.41) is 12.3. The predicted octanol–water partition coefficient (Wildman–Crippen LogP) is 2.75. The predicted molar refractivity (Wildman–Crippen MR) is 97.9 cm³/mol. The van der Waals surface area contributed by atoms with Crippen LogP contribution in [0.5, 0.6) is 0 Å². The number of nitrogens with zero attached hydrogens (tertiary/aromatic N) is 1. The fourth-order valence-corrected chi connectivity index (χ4v) is 2.26. The van der Waals surface area contributed by atoms with Gasteiger partial charge in [-0.25, -0.2) is 0 Å². The van der Waals surface area contributed by atoms with Gasteiger partial charge in [-0.1, -0.05) is 25.9 Å². The molecule has 0 aromatic rings. The molecule has 0 heterocycles. The lowest BCUT2D eigenvalue weighted by Crippen LogP contribution is -2.39. The second-order valence-corrected chi connectivity index (χ2v) is 6.04. The van der Waals surface area contributed by atoms with Crippen LogP contribution in [-0.4, -0.2) is 48.4 Å². The fourth-order valence-electron chi connectivity index (χ4n) is 2.26. The second-order valence-electron chi connectivity index (χ2n) is 6.04. The van der Waals surface area contributed by atoms with Gasteiger partial charge in [0.2, 0.25) is 5.90 Å². The van der Waals surface area contributed by atoms with Crippen LogP contribution < -0.4 is 5.73 Å². The van der Waals surface area contributed by atoms with Crippen LogP contribution in [0.1, 0.15) is 72.1 Å². The van der Waals surface area contributed by atoms with Gasteiger partial charge in [0.05, 0.1) is 0 Å². The van der Waals surface area contributed by atoms with Crippen molar-refractivity contribution in [2.45, 2.75) is 84.3 Å². The van der Waals surface area contributed by atoms with Crippen LogP contribution in [0.15, 0.2) is 5.16 Å². The van der Waals surface area contributed by atoms with Crippen molar-refractivity contribution in [3.05, 3.63) is 0 Å². The van der Waals surface area contributed by atoms with E-state index in [-0.39, 0.29) is 30.9 Å². The molecule has 0 rings (SSSR count). The maximum atomic E-state index is 12.0. The zero-order chi connectivity index (χ0) is 19.8. The molecule has 0 saturated carbocycles. The van der Waals surface area contributed by atoms with E-state index in [0.29, 0.717) is 45.1 Å². The van der Waals surface area contributed by atoms with E-state index in [0.717, 1.165) is 6.42 Å². The SMILES string of the molecule is CCCC(=O)OCC(OC(=O)CCC)C(CCCN)OC(CCC)=NO. The molecule has 8 nitrogen and oxygen atoms in total. The van der Waals surface area contributed by atoms with Gasteiger partial charge in [-0.2, -0.15) is 0 Å². The van der Waals surface area contributed by atoms with E-state index < -0.39 is 12.2 Å². The molecule has 0 aliphatic carbocycles. The molecule has 0 aliphatic rings. The van der Waals surface area contributed by atoms with E-state index in [4.69, 9.17) is 25.2 Å². The van der Waals surface area contributed by atoms with E-state index in [1.165, 1.54) is 0 Å². The average molecular weight is 374 g/mol. The van der Waals surface area contributed by atoms with Crippen molar-refractivity contribution < 1.29 is 29.0 Å². The molecule has 26 heavy (non-hydrogen) atoms. The van der Waals surface area contributed by atoms with Gasteiger partial charge in [0.15, 0.2) is 6.10 Å². The lowest BCUT2D eigenvalue weighted by Gasteiger charge is -2.27. The first-order valence-electron chi connectivity index (χ1n) is 9.44. The van der Waals surface area contributed by atoms with Crippen molar-refractivity contribution in [3.8, 4) is 0 Å². The Morgan fingerprint density at radius 1 is 0.962 bits per heavy atom. The molecule has 0 fully saturated rings. The number of nitrogens with two attached hydrogens (primary N) is 1. The number of carbonyl (C=O) groups excluding carboxylic acids is 2. The molecular weight excluding hydrogens is 340 g/mol. The standard InChI is InChI=1S/C18H34N2O6/c1-4-8-16(20-23)25-14(11-7-12-19)15(26-18(22)10-6-3)13-24-17(21)9-5-2/h14-15,23H,4-13,19H2,1-3H3. The Hall–Kier alpha value is -1.83. The summed E-state index contributed by atoms with van der Waals surface area (Å²) in [6.07, 6.45) is 2.77. The number of hydrogen-bond donors (Lipinski definition) is 2. The summed E-state index contributed by atoms with van der Waals surface area (Å²) in [5.41, 5.74) is 5.58. The van der Waals surface area contributed by atoms with E-state index in [2.05, 4.69) is 5.16 Å². The molecule has 2 unspecified atom stereocenters. The Balaban J connectivity index is 5.17. The number of hydrogen-bond acceptors (Lipinski definition) is 8. The van der Waals surface area contributed by atoms with E-state index in [1.54, 1.807) is 0 Å². The monoisotopic (exact) mass is 374 g/mol. The zero-order valence-corrected chi connectivity index (χ0v) is 16.2. The minimum atomic E-state index is -0.782. The molecule has 3 N–H and O–H groups in total. The third-order valence-electron chi connectivity index (χ3n) is 3.57. The first kappa shape index (κ1) is 24.2. The van der Waals surface area contributed by atoms with Crippen molar-refractivity contribution in [2.75, 3.05) is 13.2 Å². The van der Waals surface area contributed by atoms with Crippen molar-refractivity contribution in [3.63, 3.8) is 0 Å². The Labute approximate surface area is 156 Å². The first-order chi connectivity index (χ1) is 12.5. The summed E-state index contributed by atoms with van der Waals surface area (Å²) in [7, 11) is 0. The largest absolute Gasteiger partial charge is 0.471 e. The molecule has 8 heteroatoms. The van der Waals surface area contributed by atoms with E-state index in [1.807, 2.05) is 20.8 Å². The van der Waals surface area contributed by atoms with Gasteiger partial charge in [-0.15, -0.1) is 0 Å². The van der Waals surface area contributed by atoms with Gasteiger partial charge < -0.3 is 25.2 Å². The van der Waals surface area contributed by atoms with Crippen LogP contribution in [0.25, 0.3) is 0 Å². The first-order valence-corrected chi connectivity index (χ1v) is 9.44. The van der Waals surface area contributed by atoms with Crippen molar-refractivity contribution in [2.24, 2.45) is 10.9 Å². The molecule has 152 valence electrons. The lowest BCUT2D eigenvalue weighted by atomic mass is 10.1. The smallest absolute Gasteiger partial charge is 0.306 e. The van der Waals surface area contributed by atoms with E-state index in [9.17, 15) is 9.59 Å². The van der Waals surface area contributed by atoms with Gasteiger partial charge in [-0.3, -0.25) is 9.59 Å². The molecule has 0 aromatic heterocycles. The Kier molecular flexibility index (Phi) is 14.3. The maximum absolute atomic E-state index is 12.0. The molecule has 0 saturated heterocycles. The summed E-state index contributed by atoms with van der Waals surface area (Å²) < 4.78 is 16.5. The average Bonchev–Trinajstić information content (AvgIpc) is 2.61. The third-order valence-corrected chi connectivity index (χ3v) is 3.57. The van der Waals surface area contributed by atoms with Crippen LogP contribution in [0.2, 0.25) is 0 Å². The Morgan fingerprint density at radius 2 is 1.58 bits per heavy atom. The summed E-state index contributed by atoms with van der Waals surface area (Å²) in [5.74, 6) is -0.583. The third kappa shape index (κ3) is 10.9. The zero-order valence-electron chi connectivity index (χ0n) is 16.2. The summed E-state index contributed by atoms with van der Waals surface area (Å²) >= 11 is 0. The van der Waals surface area contributed by atoms with Crippen LogP contribution in [-0.2, 0) is 23.8 Å². The highest BCUT2D eigenvalue weighted by Crippen LogP contribution is 2.15. The highest BCUT2D eigenvalue weighted by Gasteiger charge is 2.29. The highest BCUT2D eigenvalue weighted by molar-refractivity contribution is 5.75. The number of carbonyl (C=O) groups is 2. The Morgan fingerprint density at radius 3 is 2.12 bits per heavy atom. The quantitative estimate of drug-likeness (QED) is 0.158. The molecule has 0 bridgehead atoms. The highest BCUT2D eigenvalue weighted by atomic mass is 16.6. The van der Waals surface area contributed by atoms with Gasteiger partial charge in [0, 0.05) is 19.3 Å². The molecule has 0 spiro atoms. The van der Waals surface area contributed by atoms with E-state index >= 15 is 0 Å². The number of rotatable bonds is 14. The van der Waals surface area contributed by atoms with Crippen LogP contribution in [0.3, 0.4) is 0 Å². The summed E-state index contributed by atoms with van der Waals surface area (Å²) in [6, 6.07) is 0. The molecule has 0 aliphatic heterocycles. The maximum Gasteiger partial charge on any atom is 0.306 e. The normalized spacial score (nSPS) is 13.8.